The van der Waals surface area contributed by atoms with E-state index >= 15 is 0 Å². The van der Waals surface area contributed by atoms with Crippen LogP contribution in [-0.2, 0) is 11.3 Å². The van der Waals surface area contributed by atoms with Gasteiger partial charge in [-0.1, -0.05) is 29.3 Å². The second-order valence-corrected chi connectivity index (χ2v) is 5.29. The summed E-state index contributed by atoms with van der Waals surface area (Å²) in [6.07, 6.45) is 1.51. The Hall–Kier alpha value is -2.11. The van der Waals surface area contributed by atoms with Gasteiger partial charge in [-0.3, -0.25) is 14.6 Å². The van der Waals surface area contributed by atoms with Gasteiger partial charge in [-0.2, -0.15) is 0 Å². The van der Waals surface area contributed by atoms with Crippen molar-refractivity contribution < 1.29 is 9.59 Å². The zero-order chi connectivity index (χ0) is 16.1. The summed E-state index contributed by atoms with van der Waals surface area (Å²) in [4.78, 5) is 27.2. The number of anilines is 1. The summed E-state index contributed by atoms with van der Waals surface area (Å²) in [5.74, 6) is -0.502. The van der Waals surface area contributed by atoms with Crippen molar-refractivity contribution in [2.45, 2.75) is 13.5 Å². The predicted octanol–water partition coefficient (Wildman–Crippen LogP) is 3.28. The van der Waals surface area contributed by atoms with Gasteiger partial charge in [0.25, 0.3) is 5.91 Å². The van der Waals surface area contributed by atoms with Gasteiger partial charge in [-0.05, 0) is 24.3 Å². The number of halogens is 2. The molecule has 114 valence electrons. The number of rotatable bonds is 4. The first-order chi connectivity index (χ1) is 10.5. The Morgan fingerprint density at radius 2 is 2.00 bits per heavy atom. The topological polar surface area (TPSA) is 71.1 Å². The van der Waals surface area contributed by atoms with E-state index in [1.54, 1.807) is 30.3 Å². The lowest BCUT2D eigenvalue weighted by Crippen LogP contribution is -2.20. The molecule has 0 fully saturated rings. The van der Waals surface area contributed by atoms with Crippen molar-refractivity contribution in [1.82, 2.24) is 10.3 Å². The zero-order valence-corrected chi connectivity index (χ0v) is 13.2. The fraction of sp³-hybridized carbons (Fsp3) is 0.133. The standard InChI is InChI=1S/C15H13Cl2N3O2/c1-9(21)19-8-11-7-10(5-6-18-11)15(22)20-13-4-2-3-12(16)14(13)17/h2-7H,8H2,1H3,(H,19,21)(H,20,22). The van der Waals surface area contributed by atoms with Crippen LogP contribution < -0.4 is 10.6 Å². The lowest BCUT2D eigenvalue weighted by Gasteiger charge is -2.09. The molecule has 2 amide bonds. The molecule has 0 aliphatic carbocycles. The molecule has 0 atom stereocenters. The van der Waals surface area contributed by atoms with E-state index in [0.717, 1.165) is 0 Å². The van der Waals surface area contributed by atoms with E-state index in [2.05, 4.69) is 15.6 Å². The molecule has 1 heterocycles. The first kappa shape index (κ1) is 16.3. The maximum atomic E-state index is 12.2. The number of nitrogens with zero attached hydrogens (tertiary/aromatic N) is 1. The number of amides is 2. The Morgan fingerprint density at radius 3 is 2.73 bits per heavy atom. The van der Waals surface area contributed by atoms with E-state index < -0.39 is 0 Å². The average Bonchev–Trinajstić information content (AvgIpc) is 2.50. The van der Waals surface area contributed by atoms with Gasteiger partial charge in [-0.15, -0.1) is 0 Å². The lowest BCUT2D eigenvalue weighted by atomic mass is 10.2. The molecule has 22 heavy (non-hydrogen) atoms. The molecule has 0 unspecified atom stereocenters. The van der Waals surface area contributed by atoms with Gasteiger partial charge < -0.3 is 10.6 Å². The molecular weight excluding hydrogens is 325 g/mol. The molecule has 0 aliphatic heterocycles. The highest BCUT2D eigenvalue weighted by Crippen LogP contribution is 2.29. The number of carbonyl (C=O) groups is 2. The van der Waals surface area contributed by atoms with Crippen molar-refractivity contribution in [2.75, 3.05) is 5.32 Å². The molecule has 0 aliphatic rings. The first-order valence-electron chi connectivity index (χ1n) is 6.42. The molecule has 0 saturated carbocycles. The number of benzene rings is 1. The fourth-order valence-corrected chi connectivity index (χ4v) is 2.07. The van der Waals surface area contributed by atoms with Crippen LogP contribution in [0.2, 0.25) is 10.0 Å². The smallest absolute Gasteiger partial charge is 0.255 e. The second-order valence-electron chi connectivity index (χ2n) is 4.50. The van der Waals surface area contributed by atoms with Crippen molar-refractivity contribution >= 4 is 40.7 Å². The van der Waals surface area contributed by atoms with E-state index in [9.17, 15) is 9.59 Å². The highest BCUT2D eigenvalue weighted by Gasteiger charge is 2.11. The van der Waals surface area contributed by atoms with E-state index in [4.69, 9.17) is 23.2 Å². The van der Waals surface area contributed by atoms with Gasteiger partial charge in [0, 0.05) is 18.7 Å². The van der Waals surface area contributed by atoms with Crippen molar-refractivity contribution in [3.8, 4) is 0 Å². The van der Waals surface area contributed by atoms with Gasteiger partial charge in [0.05, 0.1) is 28.0 Å². The van der Waals surface area contributed by atoms with Gasteiger partial charge >= 0.3 is 0 Å². The van der Waals surface area contributed by atoms with Crippen LogP contribution in [0.4, 0.5) is 5.69 Å². The molecule has 1 aromatic carbocycles. The summed E-state index contributed by atoms with van der Waals surface area (Å²) in [6, 6.07) is 8.16. The number of hydrogen-bond acceptors (Lipinski definition) is 3. The van der Waals surface area contributed by atoms with Gasteiger partial charge in [0.15, 0.2) is 0 Å². The van der Waals surface area contributed by atoms with E-state index in [1.165, 1.54) is 13.1 Å². The Kier molecular flexibility index (Phi) is 5.35. The third kappa shape index (κ3) is 4.19. The SMILES string of the molecule is CC(=O)NCc1cc(C(=O)Nc2cccc(Cl)c2Cl)ccn1. The molecule has 2 aromatic rings. The average molecular weight is 338 g/mol. The van der Waals surface area contributed by atoms with Crippen molar-refractivity contribution in [2.24, 2.45) is 0 Å². The Morgan fingerprint density at radius 1 is 1.23 bits per heavy atom. The molecule has 2 N–H and O–H groups in total. The third-order valence-electron chi connectivity index (χ3n) is 2.80. The number of aromatic nitrogens is 1. The lowest BCUT2D eigenvalue weighted by molar-refractivity contribution is -0.119. The molecule has 5 nitrogen and oxygen atoms in total. The first-order valence-corrected chi connectivity index (χ1v) is 7.17. The zero-order valence-electron chi connectivity index (χ0n) is 11.7. The predicted molar refractivity (Wildman–Crippen MR) is 86.2 cm³/mol. The van der Waals surface area contributed by atoms with E-state index in [-0.39, 0.29) is 23.4 Å². The van der Waals surface area contributed by atoms with E-state index in [0.29, 0.717) is 22.0 Å². The third-order valence-corrected chi connectivity index (χ3v) is 3.62. The van der Waals surface area contributed by atoms with Crippen LogP contribution in [-0.4, -0.2) is 16.8 Å². The minimum atomic E-state index is -0.337. The summed E-state index contributed by atoms with van der Waals surface area (Å²) in [5.41, 5.74) is 1.42. The van der Waals surface area contributed by atoms with Crippen molar-refractivity contribution in [1.29, 1.82) is 0 Å². The van der Waals surface area contributed by atoms with Gasteiger partial charge in [-0.25, -0.2) is 0 Å². The van der Waals surface area contributed by atoms with Crippen LogP contribution in [0.25, 0.3) is 0 Å². The molecule has 0 spiro atoms. The van der Waals surface area contributed by atoms with Gasteiger partial charge in [0.1, 0.15) is 0 Å². The summed E-state index contributed by atoms with van der Waals surface area (Å²) < 4.78 is 0. The Bertz CT molecular complexity index is 720. The largest absolute Gasteiger partial charge is 0.351 e. The second kappa shape index (κ2) is 7.24. The fourth-order valence-electron chi connectivity index (χ4n) is 1.73. The number of nitrogens with one attached hydrogen (secondary N) is 2. The van der Waals surface area contributed by atoms with Crippen LogP contribution in [0.15, 0.2) is 36.5 Å². The Balaban J connectivity index is 2.14. The van der Waals surface area contributed by atoms with Crippen LogP contribution >= 0.6 is 23.2 Å². The monoisotopic (exact) mass is 337 g/mol. The molecule has 1 aromatic heterocycles. The van der Waals surface area contributed by atoms with Crippen molar-refractivity contribution in [3.63, 3.8) is 0 Å². The van der Waals surface area contributed by atoms with Gasteiger partial charge in [0.2, 0.25) is 5.91 Å². The van der Waals surface area contributed by atoms with Crippen LogP contribution in [0.5, 0.6) is 0 Å². The number of hydrogen-bond donors (Lipinski definition) is 2. The Labute approximate surface area is 137 Å². The molecule has 0 saturated heterocycles. The molecule has 0 radical (unpaired) electrons. The quantitative estimate of drug-likeness (QED) is 0.899. The minimum Gasteiger partial charge on any atom is -0.351 e. The molecule has 0 bridgehead atoms. The molecule has 2 rings (SSSR count). The summed E-state index contributed by atoms with van der Waals surface area (Å²) in [6.45, 7) is 1.67. The summed E-state index contributed by atoms with van der Waals surface area (Å²) in [5, 5.41) is 5.96. The minimum absolute atomic E-state index is 0.164. The van der Waals surface area contributed by atoms with Crippen molar-refractivity contribution in [3.05, 3.63) is 57.8 Å². The maximum absolute atomic E-state index is 12.2. The highest BCUT2D eigenvalue weighted by molar-refractivity contribution is 6.44. The van der Waals surface area contributed by atoms with Crippen LogP contribution in [0.3, 0.4) is 0 Å². The highest BCUT2D eigenvalue weighted by atomic mass is 35.5. The molecular formula is C15H13Cl2N3O2. The maximum Gasteiger partial charge on any atom is 0.255 e. The normalized spacial score (nSPS) is 10.1. The number of pyridine rings is 1. The van der Waals surface area contributed by atoms with Crippen LogP contribution in [0, 0.1) is 0 Å². The summed E-state index contributed by atoms with van der Waals surface area (Å²) in [7, 11) is 0. The number of carbonyl (C=O) groups excluding carboxylic acids is 2. The molecule has 7 heteroatoms. The van der Waals surface area contributed by atoms with E-state index in [1.807, 2.05) is 0 Å². The van der Waals surface area contributed by atoms with Crippen LogP contribution in [0.1, 0.15) is 23.0 Å². The summed E-state index contributed by atoms with van der Waals surface area (Å²) >= 11 is 11.9.